The monoisotopic (exact) mass is 424 g/mol. The molecule has 12 heteroatoms. The highest BCUT2D eigenvalue weighted by Crippen LogP contribution is 1.90. The van der Waals surface area contributed by atoms with Crippen molar-refractivity contribution in [3.8, 4) is 0 Å². The Hall–Kier alpha value is -1.42. The van der Waals surface area contributed by atoms with Gasteiger partial charge >= 0.3 is 17.9 Å². The normalized spacial score (nSPS) is 8.50. The van der Waals surface area contributed by atoms with Gasteiger partial charge in [-0.05, 0) is 11.6 Å². The minimum atomic E-state index is -1.67. The Balaban J connectivity index is -0.000000301. The van der Waals surface area contributed by atoms with Crippen LogP contribution in [0.15, 0.2) is 25.3 Å². The molecule has 0 atom stereocenters. The number of esters is 2. The van der Waals surface area contributed by atoms with Crippen molar-refractivity contribution in [3.63, 3.8) is 0 Å². The number of rotatable bonds is 8. The standard InChI is InChI=1S/C6H7ClO3.C6H8O4.Cl2OS/c2*1-2-6(9)10-4-3-5(7)8;1-4(2)3/h2H,1,3-4H2;2H,1,3-4H2,(H,7,8);. The van der Waals surface area contributed by atoms with Crippen LogP contribution >= 0.6 is 33.0 Å². The number of carboxylic acids is 1. The molecule has 0 radical (unpaired) electrons. The Morgan fingerprint density at radius 3 is 1.54 bits per heavy atom. The van der Waals surface area contributed by atoms with Gasteiger partial charge in [0.15, 0.2) is 0 Å². The lowest BCUT2D eigenvalue weighted by Gasteiger charge is -1.96. The van der Waals surface area contributed by atoms with E-state index >= 15 is 0 Å². The lowest BCUT2D eigenvalue weighted by Crippen LogP contribution is -2.06. The zero-order valence-corrected chi connectivity index (χ0v) is 15.3. The summed E-state index contributed by atoms with van der Waals surface area (Å²) in [6, 6.07) is 0. The van der Waals surface area contributed by atoms with E-state index < -0.39 is 32.4 Å². The lowest BCUT2D eigenvalue weighted by atomic mass is 10.5. The SMILES string of the molecule is C=CC(=O)OCCC(=O)Cl.C=CC(=O)OCCC(=O)O.O=S(Cl)Cl. The molecule has 0 fully saturated rings. The third-order valence-electron chi connectivity index (χ3n) is 1.44. The summed E-state index contributed by atoms with van der Waals surface area (Å²) in [5.41, 5.74) is 0. The van der Waals surface area contributed by atoms with Crippen molar-refractivity contribution in [2.75, 3.05) is 13.2 Å². The van der Waals surface area contributed by atoms with Crippen molar-refractivity contribution in [3.05, 3.63) is 25.3 Å². The number of halogens is 3. The van der Waals surface area contributed by atoms with E-state index in [9.17, 15) is 19.2 Å². The third-order valence-corrected chi connectivity index (χ3v) is 1.63. The Morgan fingerprint density at radius 1 is 0.958 bits per heavy atom. The average Bonchev–Trinajstić information content (AvgIpc) is 2.46. The molecule has 0 unspecified atom stereocenters. The van der Waals surface area contributed by atoms with Gasteiger partial charge in [-0.25, -0.2) is 13.8 Å². The predicted molar refractivity (Wildman–Crippen MR) is 89.9 cm³/mol. The van der Waals surface area contributed by atoms with E-state index in [0.717, 1.165) is 12.2 Å². The summed E-state index contributed by atoms with van der Waals surface area (Å²) in [5, 5.41) is 7.57. The Labute approximate surface area is 154 Å². The fourth-order valence-electron chi connectivity index (χ4n) is 0.589. The van der Waals surface area contributed by atoms with E-state index in [2.05, 4.69) is 44.0 Å². The summed E-state index contributed by atoms with van der Waals surface area (Å²) < 4.78 is 17.9. The van der Waals surface area contributed by atoms with E-state index in [0.29, 0.717) is 0 Å². The highest BCUT2D eigenvalue weighted by atomic mass is 36.0. The molecule has 0 aliphatic rings. The van der Waals surface area contributed by atoms with E-state index in [1.807, 2.05) is 0 Å². The smallest absolute Gasteiger partial charge is 0.330 e. The molecule has 8 nitrogen and oxygen atoms in total. The molecule has 0 aromatic rings. The molecule has 0 aromatic carbocycles. The van der Waals surface area contributed by atoms with Crippen molar-refractivity contribution in [1.82, 2.24) is 0 Å². The minimum Gasteiger partial charge on any atom is -0.481 e. The van der Waals surface area contributed by atoms with Crippen LogP contribution in [0.5, 0.6) is 0 Å². The summed E-state index contributed by atoms with van der Waals surface area (Å²) in [6.45, 7) is 6.23. The fourth-order valence-corrected chi connectivity index (χ4v) is 0.666. The number of carboxylic acid groups (broad SMARTS) is 1. The zero-order valence-electron chi connectivity index (χ0n) is 12.2. The lowest BCUT2D eigenvalue weighted by molar-refractivity contribution is -0.143. The van der Waals surface area contributed by atoms with Crippen molar-refractivity contribution >= 4 is 65.3 Å². The minimum absolute atomic E-state index is 0.0210. The van der Waals surface area contributed by atoms with E-state index in [-0.39, 0.29) is 26.1 Å². The topological polar surface area (TPSA) is 124 Å². The number of carbonyl (C=O) groups excluding carboxylic acids is 3. The maximum atomic E-state index is 10.3. The number of ether oxygens (including phenoxy) is 2. The highest BCUT2D eigenvalue weighted by Gasteiger charge is 1.99. The average molecular weight is 426 g/mol. The molecule has 24 heavy (non-hydrogen) atoms. The highest BCUT2D eigenvalue weighted by molar-refractivity contribution is 8.26. The first-order chi connectivity index (χ1) is 11.1. The summed E-state index contributed by atoms with van der Waals surface area (Å²) >= 11 is 4.95. The van der Waals surface area contributed by atoms with Crippen LogP contribution in [0.25, 0.3) is 0 Å². The summed E-state index contributed by atoms with van der Waals surface area (Å²) in [4.78, 5) is 40.5. The fraction of sp³-hybridized carbons (Fsp3) is 0.333. The van der Waals surface area contributed by atoms with Crippen molar-refractivity contribution in [1.29, 1.82) is 0 Å². The largest absolute Gasteiger partial charge is 0.481 e. The van der Waals surface area contributed by atoms with Gasteiger partial charge in [0.2, 0.25) is 14.5 Å². The molecular formula is C12H15Cl3O8S. The van der Waals surface area contributed by atoms with E-state index in [1.54, 1.807) is 0 Å². The number of hydrogen-bond donors (Lipinski definition) is 1. The molecule has 0 heterocycles. The summed E-state index contributed by atoms with van der Waals surface area (Å²) in [6.07, 6.45) is 1.89. The number of hydrogen-bond acceptors (Lipinski definition) is 7. The third kappa shape index (κ3) is 37.1. The van der Waals surface area contributed by atoms with Crippen LogP contribution in [0.1, 0.15) is 12.8 Å². The second kappa shape index (κ2) is 19.6. The van der Waals surface area contributed by atoms with Gasteiger partial charge in [-0.15, -0.1) is 0 Å². The quantitative estimate of drug-likeness (QED) is 0.356. The molecule has 0 bridgehead atoms. The molecular weight excluding hydrogens is 411 g/mol. The molecule has 0 saturated carbocycles. The molecule has 0 aromatic heterocycles. The number of carbonyl (C=O) groups is 4. The van der Waals surface area contributed by atoms with Crippen molar-refractivity contribution in [2.24, 2.45) is 0 Å². The summed E-state index contributed by atoms with van der Waals surface area (Å²) in [5.74, 6) is -2.13. The van der Waals surface area contributed by atoms with Crippen LogP contribution in [-0.4, -0.2) is 45.7 Å². The maximum absolute atomic E-state index is 10.3. The van der Waals surface area contributed by atoms with Gasteiger partial charge in [-0.1, -0.05) is 13.2 Å². The molecule has 0 aliphatic carbocycles. The Morgan fingerprint density at radius 2 is 1.29 bits per heavy atom. The molecule has 0 rings (SSSR count). The second-order valence-corrected chi connectivity index (χ2v) is 6.12. The van der Waals surface area contributed by atoms with E-state index in [4.69, 9.17) is 20.9 Å². The Kier molecular flexibility index (Phi) is 22.4. The molecule has 0 amide bonds. The molecule has 0 aliphatic heterocycles. The van der Waals surface area contributed by atoms with Crippen LogP contribution in [0, 0.1) is 0 Å². The first-order valence-electron chi connectivity index (χ1n) is 5.79. The molecule has 0 spiro atoms. The maximum Gasteiger partial charge on any atom is 0.330 e. The van der Waals surface area contributed by atoms with Gasteiger partial charge in [-0.3, -0.25) is 9.59 Å². The first-order valence-corrected chi connectivity index (χ1v) is 8.97. The van der Waals surface area contributed by atoms with Gasteiger partial charge in [-0.2, -0.15) is 0 Å². The molecule has 0 saturated heterocycles. The summed E-state index contributed by atoms with van der Waals surface area (Å²) in [7, 11) is 7.36. The van der Waals surface area contributed by atoms with Gasteiger partial charge < -0.3 is 14.6 Å². The van der Waals surface area contributed by atoms with Crippen LogP contribution < -0.4 is 0 Å². The van der Waals surface area contributed by atoms with Crippen LogP contribution in [0.4, 0.5) is 0 Å². The zero-order chi connectivity index (χ0) is 19.5. The van der Waals surface area contributed by atoms with Gasteiger partial charge in [0, 0.05) is 33.5 Å². The van der Waals surface area contributed by atoms with Crippen molar-refractivity contribution in [2.45, 2.75) is 12.8 Å². The molecule has 138 valence electrons. The van der Waals surface area contributed by atoms with Crippen LogP contribution in [0.3, 0.4) is 0 Å². The van der Waals surface area contributed by atoms with Gasteiger partial charge in [0.25, 0.3) is 0 Å². The van der Waals surface area contributed by atoms with Gasteiger partial charge in [0.05, 0.1) is 19.4 Å². The van der Waals surface area contributed by atoms with Gasteiger partial charge in [0.1, 0.15) is 6.61 Å². The second-order valence-electron chi connectivity index (χ2n) is 3.18. The van der Waals surface area contributed by atoms with Crippen LogP contribution in [0.2, 0.25) is 0 Å². The predicted octanol–water partition coefficient (Wildman–Crippen LogP) is 2.10. The Bertz CT molecular complexity index is 427. The van der Waals surface area contributed by atoms with Crippen LogP contribution in [-0.2, 0) is 37.9 Å². The first kappa shape index (κ1) is 27.4. The molecule has 1 N–H and O–H groups in total. The number of aliphatic carboxylic acids is 1. The van der Waals surface area contributed by atoms with E-state index in [1.165, 1.54) is 0 Å². The van der Waals surface area contributed by atoms with Crippen molar-refractivity contribution < 1.29 is 38.0 Å².